The lowest BCUT2D eigenvalue weighted by Gasteiger charge is -2.34. The summed E-state index contributed by atoms with van der Waals surface area (Å²) in [6.07, 6.45) is -2.66. The average Bonchev–Trinajstić information content (AvgIpc) is 2.01. The molecule has 0 radical (unpaired) electrons. The Bertz CT molecular complexity index is 126. The molecule has 0 aliphatic carbocycles. The lowest BCUT2D eigenvalue weighted by atomic mass is 9.99. The van der Waals surface area contributed by atoms with Crippen molar-refractivity contribution in [1.82, 2.24) is 0 Å². The molecule has 0 aromatic rings. The molecule has 1 saturated heterocycles. The first-order valence-electron chi connectivity index (χ1n) is 3.82. The first-order chi connectivity index (χ1) is 5.16. The van der Waals surface area contributed by atoms with Crippen molar-refractivity contribution in [2.45, 2.75) is 37.8 Å². The second-order valence-corrected chi connectivity index (χ2v) is 2.83. The van der Waals surface area contributed by atoms with Gasteiger partial charge in [-0.05, 0) is 6.42 Å². The maximum Gasteiger partial charge on any atom is 0.111 e. The molecule has 1 fully saturated rings. The van der Waals surface area contributed by atoms with Gasteiger partial charge in [0.25, 0.3) is 0 Å². The highest BCUT2D eigenvalue weighted by atomic mass is 16.5. The molecule has 1 aliphatic heterocycles. The van der Waals surface area contributed by atoms with Crippen LogP contribution in [0.2, 0.25) is 0 Å². The molecule has 0 aromatic carbocycles. The van der Waals surface area contributed by atoms with Crippen LogP contribution in [0.25, 0.3) is 0 Å². The van der Waals surface area contributed by atoms with Crippen LogP contribution in [-0.4, -0.2) is 46.3 Å². The van der Waals surface area contributed by atoms with Crippen molar-refractivity contribution in [2.24, 2.45) is 0 Å². The minimum atomic E-state index is -1.06. The van der Waals surface area contributed by atoms with E-state index in [1.54, 1.807) is 0 Å². The number of ether oxygens (including phenoxy) is 1. The van der Waals surface area contributed by atoms with Crippen molar-refractivity contribution in [3.63, 3.8) is 0 Å². The summed E-state index contributed by atoms with van der Waals surface area (Å²) in [5.74, 6) is 0. The van der Waals surface area contributed by atoms with Gasteiger partial charge >= 0.3 is 0 Å². The van der Waals surface area contributed by atoms with Crippen molar-refractivity contribution >= 4 is 0 Å². The van der Waals surface area contributed by atoms with Crippen LogP contribution in [0.15, 0.2) is 0 Å². The first-order valence-corrected chi connectivity index (χ1v) is 3.82. The van der Waals surface area contributed by atoms with Crippen molar-refractivity contribution in [1.29, 1.82) is 0 Å². The molecule has 1 heterocycles. The van der Waals surface area contributed by atoms with Crippen LogP contribution in [0.1, 0.15) is 13.3 Å². The highest BCUT2D eigenvalue weighted by Gasteiger charge is 2.36. The van der Waals surface area contributed by atoms with Gasteiger partial charge in [-0.2, -0.15) is 0 Å². The van der Waals surface area contributed by atoms with Gasteiger partial charge in [0.2, 0.25) is 0 Å². The zero-order valence-corrected chi connectivity index (χ0v) is 6.47. The number of aliphatic hydroxyl groups is 3. The third-order valence-electron chi connectivity index (χ3n) is 2.01. The summed E-state index contributed by atoms with van der Waals surface area (Å²) in [7, 11) is 0. The van der Waals surface area contributed by atoms with E-state index in [1.807, 2.05) is 6.92 Å². The Morgan fingerprint density at radius 1 is 1.27 bits per heavy atom. The molecule has 0 aromatic heterocycles. The predicted octanol–water partition coefficient (Wildman–Crippen LogP) is -1.12. The van der Waals surface area contributed by atoms with Gasteiger partial charge in [0.15, 0.2) is 0 Å². The maximum absolute atomic E-state index is 9.27. The Morgan fingerprint density at radius 2 is 1.91 bits per heavy atom. The van der Waals surface area contributed by atoms with E-state index in [9.17, 15) is 5.11 Å². The van der Waals surface area contributed by atoms with Gasteiger partial charge in [-0.3, -0.25) is 0 Å². The van der Waals surface area contributed by atoms with Gasteiger partial charge in [-0.25, -0.2) is 0 Å². The first kappa shape index (κ1) is 8.93. The van der Waals surface area contributed by atoms with E-state index in [1.165, 1.54) is 0 Å². The van der Waals surface area contributed by atoms with Crippen LogP contribution in [0.5, 0.6) is 0 Å². The third-order valence-corrected chi connectivity index (χ3v) is 2.01. The second kappa shape index (κ2) is 3.49. The summed E-state index contributed by atoms with van der Waals surface area (Å²) < 4.78 is 5.06. The summed E-state index contributed by atoms with van der Waals surface area (Å²) in [4.78, 5) is 0. The standard InChI is InChI=1S/C7H14O4/c1-2-5-7(10)6(9)4(8)3-11-5/h4-10H,2-3H2,1H3/t4-,5-,6+,7-/m0/s1. The van der Waals surface area contributed by atoms with Gasteiger partial charge in [-0.15, -0.1) is 0 Å². The van der Waals surface area contributed by atoms with Gasteiger partial charge in [-0.1, -0.05) is 6.92 Å². The number of rotatable bonds is 1. The molecule has 0 spiro atoms. The quantitative estimate of drug-likeness (QED) is 0.456. The van der Waals surface area contributed by atoms with E-state index in [4.69, 9.17) is 14.9 Å². The zero-order chi connectivity index (χ0) is 8.43. The fourth-order valence-electron chi connectivity index (χ4n) is 1.23. The molecule has 1 aliphatic rings. The molecule has 1 rings (SSSR count). The number of aliphatic hydroxyl groups excluding tert-OH is 3. The second-order valence-electron chi connectivity index (χ2n) is 2.83. The van der Waals surface area contributed by atoms with E-state index >= 15 is 0 Å². The fraction of sp³-hybridized carbons (Fsp3) is 1.00. The Kier molecular flexibility index (Phi) is 2.84. The highest BCUT2D eigenvalue weighted by Crippen LogP contribution is 2.17. The van der Waals surface area contributed by atoms with E-state index in [0.29, 0.717) is 6.42 Å². The zero-order valence-electron chi connectivity index (χ0n) is 6.47. The van der Waals surface area contributed by atoms with Gasteiger partial charge in [0.1, 0.15) is 18.3 Å². The molecule has 66 valence electrons. The summed E-state index contributed by atoms with van der Waals surface area (Å²) in [6.45, 7) is 1.97. The van der Waals surface area contributed by atoms with Crippen molar-refractivity contribution in [2.75, 3.05) is 6.61 Å². The van der Waals surface area contributed by atoms with E-state index in [2.05, 4.69) is 0 Å². The van der Waals surface area contributed by atoms with Crippen LogP contribution >= 0.6 is 0 Å². The number of hydrogen-bond donors (Lipinski definition) is 3. The monoisotopic (exact) mass is 162 g/mol. The molecular formula is C7H14O4. The normalized spacial score (nSPS) is 45.8. The summed E-state index contributed by atoms with van der Waals surface area (Å²) in [6, 6.07) is 0. The SMILES string of the molecule is CC[C@@H]1OC[C@H](O)[C@@H](O)[C@H]1O. The molecule has 11 heavy (non-hydrogen) atoms. The molecule has 0 unspecified atom stereocenters. The number of hydrogen-bond acceptors (Lipinski definition) is 4. The molecule has 4 atom stereocenters. The largest absolute Gasteiger partial charge is 0.388 e. The Hall–Kier alpha value is -0.160. The van der Waals surface area contributed by atoms with Crippen LogP contribution in [0.3, 0.4) is 0 Å². The molecule has 4 heteroatoms. The highest BCUT2D eigenvalue weighted by molar-refractivity contribution is 4.85. The van der Waals surface area contributed by atoms with Gasteiger partial charge in [0.05, 0.1) is 12.7 Å². The fourth-order valence-corrected chi connectivity index (χ4v) is 1.23. The molecule has 3 N–H and O–H groups in total. The lowest BCUT2D eigenvalue weighted by molar-refractivity contribution is -0.187. The van der Waals surface area contributed by atoms with Gasteiger partial charge < -0.3 is 20.1 Å². The van der Waals surface area contributed by atoms with Crippen LogP contribution in [0.4, 0.5) is 0 Å². The predicted molar refractivity (Wildman–Crippen MR) is 38.1 cm³/mol. The van der Waals surface area contributed by atoms with E-state index in [-0.39, 0.29) is 12.7 Å². The van der Waals surface area contributed by atoms with E-state index in [0.717, 1.165) is 0 Å². The summed E-state index contributed by atoms with van der Waals surface area (Å²) in [5.41, 5.74) is 0. The molecule has 0 amide bonds. The van der Waals surface area contributed by atoms with E-state index < -0.39 is 18.3 Å². The van der Waals surface area contributed by atoms with Crippen molar-refractivity contribution in [3.05, 3.63) is 0 Å². The van der Waals surface area contributed by atoms with Crippen molar-refractivity contribution < 1.29 is 20.1 Å². The molecule has 0 saturated carbocycles. The maximum atomic E-state index is 9.27. The Morgan fingerprint density at radius 3 is 2.45 bits per heavy atom. The lowest BCUT2D eigenvalue weighted by Crippen LogP contribution is -2.52. The smallest absolute Gasteiger partial charge is 0.111 e. The minimum Gasteiger partial charge on any atom is -0.388 e. The van der Waals surface area contributed by atoms with Crippen LogP contribution in [-0.2, 0) is 4.74 Å². The van der Waals surface area contributed by atoms with Crippen LogP contribution < -0.4 is 0 Å². The summed E-state index contributed by atoms with van der Waals surface area (Å²) in [5, 5.41) is 27.5. The molecule has 4 nitrogen and oxygen atoms in total. The summed E-state index contributed by atoms with van der Waals surface area (Å²) >= 11 is 0. The van der Waals surface area contributed by atoms with Gasteiger partial charge in [0, 0.05) is 0 Å². The molecular weight excluding hydrogens is 148 g/mol. The topological polar surface area (TPSA) is 69.9 Å². The average molecular weight is 162 g/mol. The Labute approximate surface area is 65.4 Å². The third kappa shape index (κ3) is 1.70. The molecule has 0 bridgehead atoms. The van der Waals surface area contributed by atoms with Crippen LogP contribution in [0, 0.1) is 0 Å². The Balaban J connectivity index is 2.52. The minimum absolute atomic E-state index is 0.108. The van der Waals surface area contributed by atoms with Crippen molar-refractivity contribution in [3.8, 4) is 0 Å².